The fraction of sp³-hybridized carbons (Fsp3) is 1.00. The lowest BCUT2D eigenvalue weighted by Gasteiger charge is -2.32. The van der Waals surface area contributed by atoms with Crippen molar-refractivity contribution in [1.29, 1.82) is 0 Å². The Balaban J connectivity index is 2.38. The first-order chi connectivity index (χ1) is 18.4. The zero-order chi connectivity index (χ0) is 28.1. The Labute approximate surface area is 239 Å². The Morgan fingerprint density at radius 1 is 0.763 bits per heavy atom. The molecule has 1 heterocycles. The smallest absolute Gasteiger partial charge is 0.377 e. The molecule has 1 aliphatic rings. The molecule has 38 heavy (non-hydrogen) atoms. The molecule has 1 rings (SSSR count). The van der Waals surface area contributed by atoms with Crippen LogP contribution in [0, 0.1) is 0 Å². The van der Waals surface area contributed by atoms with E-state index in [2.05, 4.69) is 22.2 Å². The molecule has 12 heteroatoms. The van der Waals surface area contributed by atoms with Gasteiger partial charge in [-0.3, -0.25) is 0 Å². The van der Waals surface area contributed by atoms with Crippen LogP contribution in [0.15, 0.2) is 0 Å². The number of likely N-dealkylation sites (N-methyl/N-ethyl adjacent to an activating group) is 1. The quantitative estimate of drug-likeness (QED) is 0.127. The maximum absolute atomic E-state index is 5.98. The SMILES string of the molecule is CCO[Si](CCCNC[Si]C(CCCCCCCN1CCN(C)CC1)[Si](OC)(OC)OC)(OCC)OCC. The van der Waals surface area contributed by atoms with Crippen LogP contribution in [0.1, 0.15) is 65.7 Å². The number of hydrogen-bond acceptors (Lipinski definition) is 9. The van der Waals surface area contributed by atoms with Gasteiger partial charge < -0.3 is 41.7 Å². The number of unbranched alkanes of at least 4 members (excludes halogenated alkanes) is 4. The molecule has 0 saturated carbocycles. The maximum atomic E-state index is 5.98. The molecule has 0 bridgehead atoms. The summed E-state index contributed by atoms with van der Waals surface area (Å²) in [5, 5.41) is 3.95. The Bertz CT molecular complexity index is 533. The van der Waals surface area contributed by atoms with E-state index in [1.165, 1.54) is 64.8 Å². The third-order valence-electron chi connectivity index (χ3n) is 7.25. The van der Waals surface area contributed by atoms with E-state index in [0.29, 0.717) is 34.5 Å². The normalized spacial score (nSPS) is 16.8. The van der Waals surface area contributed by atoms with Gasteiger partial charge in [0.2, 0.25) is 0 Å². The van der Waals surface area contributed by atoms with E-state index >= 15 is 0 Å². The van der Waals surface area contributed by atoms with Gasteiger partial charge >= 0.3 is 17.6 Å². The van der Waals surface area contributed by atoms with Crippen molar-refractivity contribution >= 4 is 27.1 Å². The van der Waals surface area contributed by atoms with E-state index in [1.54, 1.807) is 21.3 Å². The molecule has 1 atom stereocenters. The van der Waals surface area contributed by atoms with Crippen molar-refractivity contribution in [1.82, 2.24) is 15.1 Å². The average Bonchev–Trinajstić information content (AvgIpc) is 2.92. The molecule has 1 aliphatic heterocycles. The third-order valence-corrected chi connectivity index (χ3v) is 16.2. The molecule has 0 aromatic heterocycles. The van der Waals surface area contributed by atoms with Gasteiger partial charge in [0.15, 0.2) is 0 Å². The number of piperazine rings is 1. The first kappa shape index (κ1) is 36.3. The van der Waals surface area contributed by atoms with Crippen LogP contribution in [0.2, 0.25) is 11.2 Å². The second-order valence-electron chi connectivity index (χ2n) is 9.94. The van der Waals surface area contributed by atoms with E-state index in [9.17, 15) is 0 Å². The van der Waals surface area contributed by atoms with Crippen LogP contribution >= 0.6 is 0 Å². The molecule has 226 valence electrons. The molecule has 1 fully saturated rings. The minimum Gasteiger partial charge on any atom is -0.377 e. The standard InChI is InChI=1S/C26H59N3O6Si3/c1-8-33-37(34-9-2,35-10-3)24-16-18-27-25-36-26(38(30-5,31-6)32-7)17-14-12-11-13-15-19-29-22-20-28(4)21-23-29/h26-27H,8-25H2,1-7H3. The molecule has 0 aromatic rings. The molecule has 0 aromatic carbocycles. The number of nitrogens with one attached hydrogen (secondary N) is 1. The van der Waals surface area contributed by atoms with Crippen molar-refractivity contribution in [2.75, 3.05) is 93.6 Å². The highest BCUT2D eigenvalue weighted by molar-refractivity contribution is 6.73. The predicted octanol–water partition coefficient (Wildman–Crippen LogP) is 3.47. The van der Waals surface area contributed by atoms with Gasteiger partial charge in [0.05, 0.1) is 9.52 Å². The highest BCUT2D eigenvalue weighted by atomic mass is 28.4. The van der Waals surface area contributed by atoms with Crippen molar-refractivity contribution in [3.05, 3.63) is 0 Å². The Morgan fingerprint density at radius 3 is 1.87 bits per heavy atom. The molecule has 0 aliphatic carbocycles. The molecular weight excluding hydrogens is 535 g/mol. The van der Waals surface area contributed by atoms with Crippen molar-refractivity contribution in [3.8, 4) is 0 Å². The molecule has 1 N–H and O–H groups in total. The number of hydrogen-bond donors (Lipinski definition) is 1. The Kier molecular flexibility index (Phi) is 21.0. The summed E-state index contributed by atoms with van der Waals surface area (Å²) >= 11 is 0. The van der Waals surface area contributed by atoms with E-state index in [4.69, 9.17) is 26.6 Å². The Morgan fingerprint density at radius 2 is 1.32 bits per heavy atom. The summed E-state index contributed by atoms with van der Waals surface area (Å²) in [4.78, 5) is 5.04. The fourth-order valence-electron chi connectivity index (χ4n) is 5.08. The molecule has 0 spiro atoms. The van der Waals surface area contributed by atoms with Crippen molar-refractivity contribution in [2.24, 2.45) is 0 Å². The van der Waals surface area contributed by atoms with Gasteiger partial charge in [0.1, 0.15) is 0 Å². The minimum atomic E-state index is -2.67. The monoisotopic (exact) mass is 593 g/mol. The summed E-state index contributed by atoms with van der Waals surface area (Å²) in [6.45, 7) is 14.9. The van der Waals surface area contributed by atoms with Gasteiger partial charge in [-0.15, -0.1) is 0 Å². The van der Waals surface area contributed by atoms with Crippen molar-refractivity contribution < 1.29 is 26.6 Å². The second-order valence-corrected chi connectivity index (χ2v) is 17.8. The molecule has 0 amide bonds. The van der Waals surface area contributed by atoms with E-state index < -0.39 is 17.6 Å². The molecule has 1 saturated heterocycles. The van der Waals surface area contributed by atoms with Crippen LogP contribution in [-0.2, 0) is 26.6 Å². The lowest BCUT2D eigenvalue weighted by atomic mass is 10.1. The highest BCUT2D eigenvalue weighted by Gasteiger charge is 2.46. The first-order valence-electron chi connectivity index (χ1n) is 14.9. The van der Waals surface area contributed by atoms with Crippen LogP contribution in [0.4, 0.5) is 0 Å². The summed E-state index contributed by atoms with van der Waals surface area (Å²) in [7, 11) is 2.89. The van der Waals surface area contributed by atoms with Gasteiger partial charge in [-0.05, 0) is 66.3 Å². The zero-order valence-electron chi connectivity index (χ0n) is 25.6. The van der Waals surface area contributed by atoms with Gasteiger partial charge in [-0.25, -0.2) is 0 Å². The van der Waals surface area contributed by atoms with Gasteiger partial charge in [0, 0.05) is 78.5 Å². The average molecular weight is 594 g/mol. The van der Waals surface area contributed by atoms with E-state index in [-0.39, 0.29) is 0 Å². The molecule has 9 nitrogen and oxygen atoms in total. The Hall–Kier alpha value is 0.291. The summed E-state index contributed by atoms with van der Waals surface area (Å²) in [5.41, 5.74) is 0. The highest BCUT2D eigenvalue weighted by Crippen LogP contribution is 2.29. The largest absolute Gasteiger partial charge is 0.500 e. The van der Waals surface area contributed by atoms with Crippen LogP contribution in [0.5, 0.6) is 0 Å². The molecule has 2 radical (unpaired) electrons. The fourth-order valence-corrected chi connectivity index (χ4v) is 12.9. The van der Waals surface area contributed by atoms with Crippen LogP contribution in [0.25, 0.3) is 0 Å². The number of rotatable bonds is 25. The minimum absolute atomic E-state index is 0.323. The van der Waals surface area contributed by atoms with Crippen molar-refractivity contribution in [2.45, 2.75) is 76.9 Å². The summed E-state index contributed by atoms with van der Waals surface area (Å²) in [5.74, 6) is 0. The summed E-state index contributed by atoms with van der Waals surface area (Å²) in [6, 6.07) is 0.837. The van der Waals surface area contributed by atoms with E-state index in [1.807, 2.05) is 20.8 Å². The summed E-state index contributed by atoms with van der Waals surface area (Å²) in [6.07, 6.45) is 9.39. The second kappa shape index (κ2) is 22.0. The van der Waals surface area contributed by atoms with Crippen LogP contribution in [-0.4, -0.2) is 131 Å². The maximum Gasteiger partial charge on any atom is 0.500 e. The topological polar surface area (TPSA) is 73.9 Å². The molecule has 1 unspecified atom stereocenters. The third kappa shape index (κ3) is 13.8. The van der Waals surface area contributed by atoms with Crippen LogP contribution in [0.3, 0.4) is 0 Å². The van der Waals surface area contributed by atoms with Crippen molar-refractivity contribution in [3.63, 3.8) is 0 Å². The zero-order valence-corrected chi connectivity index (χ0v) is 28.6. The van der Waals surface area contributed by atoms with Crippen LogP contribution < -0.4 is 5.32 Å². The van der Waals surface area contributed by atoms with Gasteiger partial charge in [0.25, 0.3) is 0 Å². The summed E-state index contributed by atoms with van der Waals surface area (Å²) < 4.78 is 35.6. The van der Waals surface area contributed by atoms with E-state index in [0.717, 1.165) is 31.6 Å². The first-order valence-corrected chi connectivity index (χ1v) is 19.9. The lowest BCUT2D eigenvalue weighted by molar-refractivity contribution is 0.0708. The molecular formula is C26H59N3O6Si3. The lowest BCUT2D eigenvalue weighted by Crippen LogP contribution is -2.51. The van der Waals surface area contributed by atoms with Gasteiger partial charge in [-0.2, -0.15) is 0 Å². The van der Waals surface area contributed by atoms with Gasteiger partial charge in [-0.1, -0.05) is 25.7 Å². The number of nitrogens with zero attached hydrogens (tertiary/aromatic N) is 2. The predicted molar refractivity (Wildman–Crippen MR) is 161 cm³/mol.